The second-order valence-electron chi connectivity index (χ2n) is 10.9. The van der Waals surface area contributed by atoms with E-state index in [2.05, 4.69) is 16.7 Å². The molecule has 2 heterocycles. The number of piperazine rings is 1. The molecule has 0 radical (unpaired) electrons. The first kappa shape index (κ1) is 29.9. The zero-order valence-corrected chi connectivity index (χ0v) is 23.9. The lowest BCUT2D eigenvalue weighted by Crippen LogP contribution is -2.50. The van der Waals surface area contributed by atoms with Gasteiger partial charge < -0.3 is 20.3 Å². The fourth-order valence-corrected chi connectivity index (χ4v) is 6.05. The van der Waals surface area contributed by atoms with Gasteiger partial charge in [0.05, 0.1) is 17.3 Å². The molecule has 3 aliphatic rings. The molecule has 2 aliphatic heterocycles. The maximum Gasteiger partial charge on any atom is 0.319 e. The number of nitrogens with zero attached hydrogens (tertiary/aromatic N) is 4. The maximum atomic E-state index is 13.2. The number of nitrogens with two attached hydrogens (primary N) is 1. The van der Waals surface area contributed by atoms with Crippen molar-refractivity contribution in [1.29, 1.82) is 0 Å². The van der Waals surface area contributed by atoms with Crippen LogP contribution in [0.5, 0.6) is 0 Å². The van der Waals surface area contributed by atoms with Crippen LogP contribution in [0.15, 0.2) is 18.2 Å². The van der Waals surface area contributed by atoms with E-state index >= 15 is 0 Å². The standard InChI is InChI=1S/C30H40ClN5O4/c31-26-10-9-25(22-27(26)36(30(32)40)14-5-21-37)29(39)34-15-11-23(12-16-34)6-4-13-33-17-19-35(20-18-33)28(38)24-7-2-1-3-8-24/h9-10,21-24H,1-3,5,7-8,11-20H2,(H2,32,40). The normalized spacial score (nSPS) is 19.0. The molecule has 2 N–H and O–H groups in total. The summed E-state index contributed by atoms with van der Waals surface area (Å²) in [5, 5.41) is 0.285. The van der Waals surface area contributed by atoms with Gasteiger partial charge in [-0.15, -0.1) is 0 Å². The number of primary amides is 1. The third-order valence-electron chi connectivity index (χ3n) is 8.25. The van der Waals surface area contributed by atoms with E-state index in [4.69, 9.17) is 17.3 Å². The number of anilines is 1. The summed E-state index contributed by atoms with van der Waals surface area (Å²) in [6, 6.07) is 4.04. The predicted octanol–water partition coefficient (Wildman–Crippen LogP) is 3.39. The van der Waals surface area contributed by atoms with Crippen LogP contribution in [0, 0.1) is 23.7 Å². The summed E-state index contributed by atoms with van der Waals surface area (Å²) in [6.07, 6.45) is 8.13. The molecule has 216 valence electrons. The van der Waals surface area contributed by atoms with Crippen LogP contribution in [0.1, 0.15) is 61.7 Å². The first-order valence-corrected chi connectivity index (χ1v) is 14.8. The van der Waals surface area contributed by atoms with Crippen LogP contribution in [0.3, 0.4) is 0 Å². The lowest BCUT2D eigenvalue weighted by molar-refractivity contribution is -0.138. The van der Waals surface area contributed by atoms with Gasteiger partial charge in [0.25, 0.3) is 5.91 Å². The van der Waals surface area contributed by atoms with Gasteiger partial charge in [0, 0.05) is 69.6 Å². The van der Waals surface area contributed by atoms with Gasteiger partial charge >= 0.3 is 6.03 Å². The zero-order chi connectivity index (χ0) is 28.5. The predicted molar refractivity (Wildman–Crippen MR) is 155 cm³/mol. The summed E-state index contributed by atoms with van der Waals surface area (Å²) >= 11 is 6.28. The number of urea groups is 1. The van der Waals surface area contributed by atoms with Crippen molar-refractivity contribution in [2.24, 2.45) is 17.6 Å². The van der Waals surface area contributed by atoms with Gasteiger partial charge in [-0.1, -0.05) is 42.7 Å². The Labute approximate surface area is 242 Å². The van der Waals surface area contributed by atoms with Gasteiger partial charge in [0.15, 0.2) is 0 Å². The molecule has 40 heavy (non-hydrogen) atoms. The molecule has 3 fully saturated rings. The molecular formula is C30H40ClN5O4. The van der Waals surface area contributed by atoms with Crippen LogP contribution in [-0.2, 0) is 9.59 Å². The molecule has 0 unspecified atom stereocenters. The number of amides is 4. The number of aldehydes is 1. The summed E-state index contributed by atoms with van der Waals surface area (Å²) in [5.41, 5.74) is 6.22. The van der Waals surface area contributed by atoms with Gasteiger partial charge in [-0.3, -0.25) is 19.4 Å². The van der Waals surface area contributed by atoms with Gasteiger partial charge in [0.1, 0.15) is 6.29 Å². The largest absolute Gasteiger partial charge is 0.351 e. The third kappa shape index (κ3) is 7.76. The lowest BCUT2D eigenvalue weighted by atomic mass is 9.88. The number of benzene rings is 1. The summed E-state index contributed by atoms with van der Waals surface area (Å²) < 4.78 is 0. The average molecular weight is 570 g/mol. The Bertz CT molecular complexity index is 1130. The summed E-state index contributed by atoms with van der Waals surface area (Å²) in [7, 11) is 0. The molecule has 1 aromatic rings. The number of carbonyl (C=O) groups excluding carboxylic acids is 4. The number of hydrogen-bond donors (Lipinski definition) is 1. The Balaban J connectivity index is 1.23. The Morgan fingerprint density at radius 2 is 1.68 bits per heavy atom. The van der Waals surface area contributed by atoms with Crippen LogP contribution in [-0.4, -0.2) is 91.2 Å². The van der Waals surface area contributed by atoms with Gasteiger partial charge in [0.2, 0.25) is 5.91 Å². The molecule has 10 heteroatoms. The van der Waals surface area contributed by atoms with Crippen molar-refractivity contribution in [1.82, 2.24) is 14.7 Å². The fourth-order valence-electron chi connectivity index (χ4n) is 5.83. The molecule has 9 nitrogen and oxygen atoms in total. The smallest absolute Gasteiger partial charge is 0.319 e. The highest BCUT2D eigenvalue weighted by Gasteiger charge is 2.28. The molecule has 1 saturated carbocycles. The third-order valence-corrected chi connectivity index (χ3v) is 8.57. The Morgan fingerprint density at radius 3 is 2.33 bits per heavy atom. The van der Waals surface area contributed by atoms with E-state index in [-0.39, 0.29) is 35.7 Å². The minimum absolute atomic E-state index is 0.0918. The number of halogens is 1. The van der Waals surface area contributed by atoms with Gasteiger partial charge in [-0.05, 0) is 43.9 Å². The highest BCUT2D eigenvalue weighted by molar-refractivity contribution is 6.34. The van der Waals surface area contributed by atoms with Crippen LogP contribution in [0.25, 0.3) is 0 Å². The first-order valence-electron chi connectivity index (χ1n) is 14.5. The quantitative estimate of drug-likeness (QED) is 0.400. The zero-order valence-electron chi connectivity index (χ0n) is 23.2. The van der Waals surface area contributed by atoms with Crippen LogP contribution in [0.4, 0.5) is 10.5 Å². The van der Waals surface area contributed by atoms with Crippen molar-refractivity contribution in [3.8, 4) is 11.8 Å². The second-order valence-corrected chi connectivity index (χ2v) is 11.3. The fraction of sp³-hybridized carbons (Fsp3) is 0.600. The highest BCUT2D eigenvalue weighted by atomic mass is 35.5. The molecule has 0 aromatic heterocycles. The van der Waals surface area contributed by atoms with E-state index in [9.17, 15) is 19.2 Å². The molecule has 4 rings (SSSR count). The van der Waals surface area contributed by atoms with E-state index < -0.39 is 6.03 Å². The molecular weight excluding hydrogens is 530 g/mol. The molecule has 2 saturated heterocycles. The Morgan fingerprint density at radius 1 is 0.975 bits per heavy atom. The highest BCUT2D eigenvalue weighted by Crippen LogP contribution is 2.29. The van der Waals surface area contributed by atoms with E-state index in [0.717, 1.165) is 51.9 Å². The van der Waals surface area contributed by atoms with E-state index in [1.807, 2.05) is 4.90 Å². The van der Waals surface area contributed by atoms with Crippen LogP contribution < -0.4 is 10.6 Å². The average Bonchev–Trinajstić information content (AvgIpc) is 2.98. The minimum Gasteiger partial charge on any atom is -0.351 e. The maximum absolute atomic E-state index is 13.2. The molecule has 4 amide bonds. The SMILES string of the molecule is NC(=O)N(CCC=O)c1cc(C(=O)N2CCC(C#CCN3CCN(C(=O)C4CCCCC4)CC3)CC2)ccc1Cl. The number of piperidine rings is 1. The topological polar surface area (TPSA) is 107 Å². The molecule has 0 spiro atoms. The summed E-state index contributed by atoms with van der Waals surface area (Å²) in [5.74, 6) is 7.44. The van der Waals surface area contributed by atoms with E-state index in [1.54, 1.807) is 23.1 Å². The number of carbonyl (C=O) groups is 4. The minimum atomic E-state index is -0.734. The Hall–Kier alpha value is -3.09. The van der Waals surface area contributed by atoms with Crippen molar-refractivity contribution < 1.29 is 19.2 Å². The first-order chi connectivity index (χ1) is 19.4. The molecule has 0 bridgehead atoms. The van der Waals surface area contributed by atoms with Crippen molar-refractivity contribution >= 4 is 41.4 Å². The molecule has 0 atom stereocenters. The molecule has 1 aromatic carbocycles. The Kier molecular flexibility index (Phi) is 10.8. The van der Waals surface area contributed by atoms with Gasteiger partial charge in [-0.2, -0.15) is 0 Å². The van der Waals surface area contributed by atoms with Gasteiger partial charge in [-0.25, -0.2) is 4.79 Å². The van der Waals surface area contributed by atoms with Crippen molar-refractivity contribution in [2.45, 2.75) is 51.4 Å². The monoisotopic (exact) mass is 569 g/mol. The summed E-state index contributed by atoms with van der Waals surface area (Å²) in [6.45, 7) is 5.31. The van der Waals surface area contributed by atoms with E-state index in [0.29, 0.717) is 43.1 Å². The van der Waals surface area contributed by atoms with E-state index in [1.165, 1.54) is 24.2 Å². The van der Waals surface area contributed by atoms with Crippen molar-refractivity contribution in [3.63, 3.8) is 0 Å². The number of likely N-dealkylation sites (tertiary alicyclic amines) is 1. The number of rotatable bonds is 7. The van der Waals surface area contributed by atoms with Crippen LogP contribution >= 0.6 is 11.6 Å². The second kappa shape index (κ2) is 14.5. The van der Waals surface area contributed by atoms with Crippen molar-refractivity contribution in [2.75, 3.05) is 57.3 Å². The number of hydrogen-bond acceptors (Lipinski definition) is 5. The van der Waals surface area contributed by atoms with Crippen LogP contribution in [0.2, 0.25) is 5.02 Å². The molecule has 1 aliphatic carbocycles. The lowest BCUT2D eigenvalue weighted by Gasteiger charge is -2.36. The summed E-state index contributed by atoms with van der Waals surface area (Å²) in [4.78, 5) is 56.1. The van der Waals surface area contributed by atoms with Crippen molar-refractivity contribution in [3.05, 3.63) is 28.8 Å².